The number of Topliss-reactive ketones (excluding diaryl/α,β-unsaturated/α-hetero) is 1. The lowest BCUT2D eigenvalue weighted by molar-refractivity contribution is -0.189. The Hall–Kier alpha value is -1.02. The molecule has 7 heteroatoms. The van der Waals surface area contributed by atoms with Gasteiger partial charge in [0.25, 0.3) is 0 Å². The van der Waals surface area contributed by atoms with E-state index in [9.17, 15) is 14.7 Å². The van der Waals surface area contributed by atoms with E-state index >= 15 is 0 Å². The summed E-state index contributed by atoms with van der Waals surface area (Å²) in [5.74, 6) is -0.933. The van der Waals surface area contributed by atoms with Gasteiger partial charge in [-0.1, -0.05) is 13.8 Å². The Balaban J connectivity index is 1.77. The largest absolute Gasteiger partial charge is 0.481 e. The number of rotatable bonds is 3. The minimum absolute atomic E-state index is 0.150. The van der Waals surface area contributed by atoms with Gasteiger partial charge in [-0.15, -0.1) is 0 Å². The molecule has 0 aliphatic carbocycles. The average molecular weight is 325 g/mol. The molecule has 0 aromatic heterocycles. The van der Waals surface area contributed by atoms with Crippen LogP contribution in [0.25, 0.3) is 0 Å². The van der Waals surface area contributed by atoms with Crippen LogP contribution >= 0.6 is 0 Å². The summed E-state index contributed by atoms with van der Waals surface area (Å²) in [7, 11) is 1.72. The van der Waals surface area contributed by atoms with Gasteiger partial charge in [0.1, 0.15) is 18.2 Å². The Morgan fingerprint density at radius 2 is 2.00 bits per heavy atom. The number of piperidine rings is 2. The Kier molecular flexibility index (Phi) is 4.73. The highest BCUT2D eigenvalue weighted by Gasteiger charge is 2.52. The molecule has 0 aromatic carbocycles. The highest BCUT2D eigenvalue weighted by atomic mass is 16.5. The highest BCUT2D eigenvalue weighted by Crippen LogP contribution is 2.38. The Morgan fingerprint density at radius 1 is 1.30 bits per heavy atom. The second-order valence-electron chi connectivity index (χ2n) is 7.35. The lowest BCUT2D eigenvalue weighted by atomic mass is 9.72. The Labute approximate surface area is 136 Å². The lowest BCUT2D eigenvalue weighted by Gasteiger charge is -2.49. The molecule has 3 aliphatic rings. The first kappa shape index (κ1) is 16.8. The second kappa shape index (κ2) is 6.47. The molecule has 7 unspecified atom stereocenters. The molecule has 4 N–H and O–H groups in total. The fourth-order valence-corrected chi connectivity index (χ4v) is 4.16. The molecule has 3 saturated heterocycles. The topological polar surface area (TPSA) is 99.7 Å². The van der Waals surface area contributed by atoms with E-state index in [4.69, 9.17) is 4.74 Å². The van der Waals surface area contributed by atoms with Gasteiger partial charge in [0.2, 0.25) is 0 Å². The Bertz CT molecular complexity index is 484. The van der Waals surface area contributed by atoms with Gasteiger partial charge >= 0.3 is 5.97 Å². The van der Waals surface area contributed by atoms with Gasteiger partial charge in [0.15, 0.2) is 0 Å². The summed E-state index contributed by atoms with van der Waals surface area (Å²) < 4.78 is 6.08. The summed E-state index contributed by atoms with van der Waals surface area (Å²) in [5, 5.41) is 18.9. The SMILES string of the molecule is CNC1NC2OC3NCC(C(C)C)CC3C(=O)C2CC1C(=O)O. The number of carbonyl (C=O) groups is 2. The maximum absolute atomic E-state index is 13.0. The van der Waals surface area contributed by atoms with Crippen LogP contribution in [-0.4, -0.2) is 49.1 Å². The second-order valence-corrected chi connectivity index (χ2v) is 7.35. The van der Waals surface area contributed by atoms with Crippen molar-refractivity contribution in [3.8, 4) is 0 Å². The summed E-state index contributed by atoms with van der Waals surface area (Å²) >= 11 is 0. The lowest BCUT2D eigenvalue weighted by Crippen LogP contribution is -2.68. The third-order valence-electron chi connectivity index (χ3n) is 5.72. The molecule has 3 heterocycles. The predicted octanol–water partition coefficient (Wildman–Crippen LogP) is -0.0246. The molecule has 3 aliphatic heterocycles. The van der Waals surface area contributed by atoms with Crippen molar-refractivity contribution in [1.29, 1.82) is 0 Å². The molecule has 0 spiro atoms. The zero-order chi connectivity index (χ0) is 16.7. The first-order chi connectivity index (χ1) is 10.9. The van der Waals surface area contributed by atoms with Crippen LogP contribution in [0.4, 0.5) is 0 Å². The fourth-order valence-electron chi connectivity index (χ4n) is 4.16. The number of hydrogen-bond donors (Lipinski definition) is 4. The van der Waals surface area contributed by atoms with Crippen molar-refractivity contribution in [2.45, 2.75) is 45.3 Å². The van der Waals surface area contributed by atoms with E-state index in [-0.39, 0.29) is 30.0 Å². The number of nitrogens with one attached hydrogen (secondary N) is 3. The van der Waals surface area contributed by atoms with Crippen LogP contribution < -0.4 is 16.0 Å². The van der Waals surface area contributed by atoms with Crippen LogP contribution in [0.2, 0.25) is 0 Å². The van der Waals surface area contributed by atoms with Crippen LogP contribution in [0, 0.1) is 29.6 Å². The molecule has 7 atom stereocenters. The van der Waals surface area contributed by atoms with E-state index in [1.807, 2.05) is 0 Å². The van der Waals surface area contributed by atoms with Crippen molar-refractivity contribution in [2.24, 2.45) is 29.6 Å². The van der Waals surface area contributed by atoms with Crippen molar-refractivity contribution >= 4 is 11.8 Å². The molecule has 3 fully saturated rings. The Morgan fingerprint density at radius 3 is 2.61 bits per heavy atom. The molecule has 7 nitrogen and oxygen atoms in total. The molecule has 0 radical (unpaired) electrons. The van der Waals surface area contributed by atoms with Crippen LogP contribution in [-0.2, 0) is 14.3 Å². The van der Waals surface area contributed by atoms with Crippen molar-refractivity contribution in [3.63, 3.8) is 0 Å². The molecule has 3 rings (SSSR count). The van der Waals surface area contributed by atoms with Gasteiger partial charge in [-0.25, -0.2) is 0 Å². The van der Waals surface area contributed by atoms with Crippen molar-refractivity contribution in [1.82, 2.24) is 16.0 Å². The van der Waals surface area contributed by atoms with Gasteiger partial charge < -0.3 is 15.2 Å². The minimum Gasteiger partial charge on any atom is -0.481 e. The van der Waals surface area contributed by atoms with Crippen LogP contribution in [0.5, 0.6) is 0 Å². The normalized spacial score (nSPS) is 43.8. The number of hydrogen-bond acceptors (Lipinski definition) is 6. The van der Waals surface area contributed by atoms with E-state index in [2.05, 4.69) is 29.8 Å². The summed E-state index contributed by atoms with van der Waals surface area (Å²) in [6.07, 6.45) is 0.0902. The fraction of sp³-hybridized carbons (Fsp3) is 0.875. The molecular weight excluding hydrogens is 298 g/mol. The summed E-state index contributed by atoms with van der Waals surface area (Å²) in [5.41, 5.74) is 0. The maximum atomic E-state index is 13.0. The van der Waals surface area contributed by atoms with E-state index in [1.165, 1.54) is 0 Å². The first-order valence-corrected chi connectivity index (χ1v) is 8.51. The minimum atomic E-state index is -0.882. The van der Waals surface area contributed by atoms with E-state index in [0.717, 1.165) is 13.0 Å². The zero-order valence-corrected chi connectivity index (χ0v) is 13.9. The first-order valence-electron chi connectivity index (χ1n) is 8.51. The highest BCUT2D eigenvalue weighted by molar-refractivity contribution is 5.86. The predicted molar refractivity (Wildman–Crippen MR) is 83.3 cm³/mol. The number of carboxylic acid groups (broad SMARTS) is 1. The summed E-state index contributed by atoms with van der Waals surface area (Å²) in [4.78, 5) is 24.4. The third-order valence-corrected chi connectivity index (χ3v) is 5.72. The zero-order valence-electron chi connectivity index (χ0n) is 13.9. The molecule has 0 aromatic rings. The van der Waals surface area contributed by atoms with Gasteiger partial charge in [-0.05, 0) is 31.7 Å². The number of fused-ring (bicyclic) bond motifs is 2. The van der Waals surface area contributed by atoms with E-state index < -0.39 is 18.1 Å². The quantitative estimate of drug-likeness (QED) is 0.578. The van der Waals surface area contributed by atoms with Crippen molar-refractivity contribution in [2.75, 3.05) is 13.6 Å². The van der Waals surface area contributed by atoms with Crippen LogP contribution in [0.3, 0.4) is 0 Å². The number of ether oxygens (including phenoxy) is 1. The van der Waals surface area contributed by atoms with E-state index in [0.29, 0.717) is 18.3 Å². The van der Waals surface area contributed by atoms with Gasteiger partial charge in [0, 0.05) is 6.54 Å². The van der Waals surface area contributed by atoms with Gasteiger partial charge in [-0.2, -0.15) is 0 Å². The van der Waals surface area contributed by atoms with Crippen molar-refractivity contribution < 1.29 is 19.4 Å². The molecule has 0 saturated carbocycles. The molecule has 0 bridgehead atoms. The van der Waals surface area contributed by atoms with Gasteiger partial charge in [0.05, 0.1) is 23.9 Å². The molecule has 130 valence electrons. The number of carbonyl (C=O) groups excluding carboxylic acids is 1. The summed E-state index contributed by atoms with van der Waals surface area (Å²) in [6, 6.07) is 0. The molecule has 0 amide bonds. The van der Waals surface area contributed by atoms with Crippen LogP contribution in [0.1, 0.15) is 26.7 Å². The van der Waals surface area contributed by atoms with Gasteiger partial charge in [-0.3, -0.25) is 20.2 Å². The number of carboxylic acids is 1. The number of ketones is 1. The number of aliphatic carboxylic acids is 1. The average Bonchev–Trinajstić information content (AvgIpc) is 2.53. The monoisotopic (exact) mass is 325 g/mol. The third kappa shape index (κ3) is 3.03. The smallest absolute Gasteiger partial charge is 0.309 e. The van der Waals surface area contributed by atoms with Crippen molar-refractivity contribution in [3.05, 3.63) is 0 Å². The molecular formula is C16H27N3O4. The standard InChI is InChI=1S/C16H27N3O4/c1-7(2)8-4-9-12(20)10-5-11(16(21)22)13(17-3)19-15(10)23-14(9)18-6-8/h7-11,13-15,17-19H,4-6H2,1-3H3,(H,21,22). The van der Waals surface area contributed by atoms with Crippen LogP contribution in [0.15, 0.2) is 0 Å². The maximum Gasteiger partial charge on any atom is 0.309 e. The van der Waals surface area contributed by atoms with E-state index in [1.54, 1.807) is 7.05 Å². The summed E-state index contributed by atoms with van der Waals surface area (Å²) in [6.45, 7) is 5.20. The molecule has 23 heavy (non-hydrogen) atoms.